The molecular weight excluding hydrogens is 442 g/mol. The number of nitro benzene ring substituents is 1. The molecule has 1 aliphatic heterocycles. The predicted octanol–water partition coefficient (Wildman–Crippen LogP) is 3.28. The Bertz CT molecular complexity index is 1080. The fraction of sp³-hybridized carbons (Fsp3) is 0.190. The molecule has 2 aromatic rings. The van der Waals surface area contributed by atoms with E-state index >= 15 is 0 Å². The Hall–Kier alpha value is -3.92. The summed E-state index contributed by atoms with van der Waals surface area (Å²) in [7, 11) is 0. The van der Waals surface area contributed by atoms with Crippen molar-refractivity contribution in [1.82, 2.24) is 10.6 Å². The van der Waals surface area contributed by atoms with E-state index in [9.17, 15) is 24.5 Å². The summed E-state index contributed by atoms with van der Waals surface area (Å²) in [5.74, 6) is -1.48. The van der Waals surface area contributed by atoms with E-state index in [1.807, 2.05) is 0 Å². The van der Waals surface area contributed by atoms with Gasteiger partial charge in [0.25, 0.3) is 5.69 Å². The molecule has 3 rings (SSSR count). The molecule has 0 bridgehead atoms. The second-order valence-corrected chi connectivity index (χ2v) is 7.01. The number of esters is 2. The summed E-state index contributed by atoms with van der Waals surface area (Å²) in [5.41, 5.74) is 0.604. The lowest BCUT2D eigenvalue weighted by atomic mass is 9.95. The Labute approximate surface area is 187 Å². The first-order valence-corrected chi connectivity index (χ1v) is 9.82. The Balaban J connectivity index is 1.88. The van der Waals surface area contributed by atoms with Crippen molar-refractivity contribution in [3.63, 3.8) is 0 Å². The molecule has 1 heterocycles. The molecule has 166 valence electrons. The molecule has 0 radical (unpaired) electrons. The van der Waals surface area contributed by atoms with Gasteiger partial charge in [-0.15, -0.1) is 0 Å². The van der Waals surface area contributed by atoms with Crippen LogP contribution in [-0.2, 0) is 14.3 Å². The van der Waals surface area contributed by atoms with Crippen LogP contribution in [0.3, 0.4) is 0 Å². The van der Waals surface area contributed by atoms with E-state index in [-0.39, 0.29) is 29.1 Å². The van der Waals surface area contributed by atoms with Crippen molar-refractivity contribution in [2.24, 2.45) is 0 Å². The number of halogens is 1. The maximum atomic E-state index is 12.7. The first kappa shape index (κ1) is 22.8. The van der Waals surface area contributed by atoms with Crippen LogP contribution in [0.1, 0.15) is 28.9 Å². The number of nitrogens with zero attached hydrogens (tertiary/aromatic N) is 1. The average molecular weight is 460 g/mol. The number of rotatable bonds is 7. The van der Waals surface area contributed by atoms with Crippen LogP contribution in [0.25, 0.3) is 0 Å². The van der Waals surface area contributed by atoms with Crippen LogP contribution in [0, 0.1) is 10.1 Å². The minimum atomic E-state index is -0.854. The molecular formula is C21H18ClN3O7. The first-order valence-electron chi connectivity index (χ1n) is 9.45. The minimum Gasteiger partial charge on any atom is -0.463 e. The van der Waals surface area contributed by atoms with E-state index in [0.29, 0.717) is 10.6 Å². The number of amides is 2. The molecule has 32 heavy (non-hydrogen) atoms. The predicted molar refractivity (Wildman–Crippen MR) is 113 cm³/mol. The van der Waals surface area contributed by atoms with Crippen LogP contribution in [0.5, 0.6) is 0 Å². The Morgan fingerprint density at radius 2 is 1.72 bits per heavy atom. The second-order valence-electron chi connectivity index (χ2n) is 6.58. The second kappa shape index (κ2) is 9.92. The highest BCUT2D eigenvalue weighted by Gasteiger charge is 2.34. The number of nitro groups is 1. The van der Waals surface area contributed by atoms with E-state index in [2.05, 4.69) is 10.6 Å². The van der Waals surface area contributed by atoms with E-state index in [1.165, 1.54) is 24.3 Å². The number of carbonyl (C=O) groups is 3. The van der Waals surface area contributed by atoms with Crippen LogP contribution in [-0.4, -0.2) is 36.1 Å². The van der Waals surface area contributed by atoms with Gasteiger partial charge in [0, 0.05) is 17.2 Å². The molecule has 0 aromatic heterocycles. The van der Waals surface area contributed by atoms with Crippen LogP contribution in [0.4, 0.5) is 10.5 Å². The molecule has 1 atom stereocenters. The maximum absolute atomic E-state index is 12.7. The van der Waals surface area contributed by atoms with Gasteiger partial charge in [-0.2, -0.15) is 0 Å². The fourth-order valence-electron chi connectivity index (χ4n) is 3.03. The maximum Gasteiger partial charge on any atom is 0.338 e. The van der Waals surface area contributed by atoms with Crippen molar-refractivity contribution in [2.45, 2.75) is 13.0 Å². The lowest BCUT2D eigenvalue weighted by Gasteiger charge is -2.29. The number of ether oxygens (including phenoxy) is 2. The van der Waals surface area contributed by atoms with Crippen molar-refractivity contribution in [2.75, 3.05) is 13.2 Å². The monoisotopic (exact) mass is 459 g/mol. The van der Waals surface area contributed by atoms with Gasteiger partial charge >= 0.3 is 18.0 Å². The number of nitrogens with one attached hydrogen (secondary N) is 2. The van der Waals surface area contributed by atoms with Crippen LogP contribution < -0.4 is 10.6 Å². The normalized spacial score (nSPS) is 15.4. The summed E-state index contributed by atoms with van der Waals surface area (Å²) in [6.07, 6.45) is 0. The van der Waals surface area contributed by atoms with Gasteiger partial charge in [0.1, 0.15) is 6.61 Å². The summed E-state index contributed by atoms with van der Waals surface area (Å²) in [5, 5.41) is 16.4. The standard InChI is InChI=1S/C21H18ClN3O7/c1-2-31-20(27)17-16(11-32-19(26)13-5-9-15(10-6-13)25(29)30)23-21(28)24-18(17)12-3-7-14(22)8-4-12/h3-10,18H,2,11H2,1H3,(H2,23,24,28). The van der Waals surface area contributed by atoms with Crippen molar-refractivity contribution in [3.05, 3.63) is 86.1 Å². The summed E-state index contributed by atoms with van der Waals surface area (Å²) in [4.78, 5) is 47.4. The third kappa shape index (κ3) is 5.22. The Morgan fingerprint density at radius 1 is 1.06 bits per heavy atom. The molecule has 0 fully saturated rings. The van der Waals surface area contributed by atoms with Gasteiger partial charge in [0.2, 0.25) is 0 Å². The zero-order chi connectivity index (χ0) is 23.3. The molecule has 1 aliphatic rings. The lowest BCUT2D eigenvalue weighted by Crippen LogP contribution is -2.47. The molecule has 0 spiro atoms. The van der Waals surface area contributed by atoms with Crippen LogP contribution in [0.2, 0.25) is 5.02 Å². The summed E-state index contributed by atoms with van der Waals surface area (Å²) >= 11 is 5.93. The topological polar surface area (TPSA) is 137 Å². The van der Waals surface area contributed by atoms with Crippen LogP contribution in [0.15, 0.2) is 59.8 Å². The summed E-state index contributed by atoms with van der Waals surface area (Å²) in [6.45, 7) is 1.31. The van der Waals surface area contributed by atoms with Crippen molar-refractivity contribution in [1.29, 1.82) is 0 Å². The van der Waals surface area contributed by atoms with Gasteiger partial charge in [0.05, 0.1) is 34.4 Å². The van der Waals surface area contributed by atoms with Crippen LogP contribution >= 0.6 is 11.6 Å². The van der Waals surface area contributed by atoms with E-state index < -0.39 is 35.5 Å². The van der Waals surface area contributed by atoms with Gasteiger partial charge in [0.15, 0.2) is 0 Å². The third-order valence-corrected chi connectivity index (χ3v) is 4.77. The van der Waals surface area contributed by atoms with E-state index in [4.69, 9.17) is 21.1 Å². The average Bonchev–Trinajstić information content (AvgIpc) is 2.77. The third-order valence-electron chi connectivity index (χ3n) is 4.51. The zero-order valence-corrected chi connectivity index (χ0v) is 17.5. The van der Waals surface area contributed by atoms with E-state index in [0.717, 1.165) is 0 Å². The lowest BCUT2D eigenvalue weighted by molar-refractivity contribution is -0.384. The Kier molecular flexibility index (Phi) is 7.06. The van der Waals surface area contributed by atoms with Crippen molar-refractivity contribution >= 4 is 35.3 Å². The highest BCUT2D eigenvalue weighted by atomic mass is 35.5. The minimum absolute atomic E-state index is 0.0578. The van der Waals surface area contributed by atoms with Gasteiger partial charge in [-0.3, -0.25) is 10.1 Å². The van der Waals surface area contributed by atoms with E-state index in [1.54, 1.807) is 31.2 Å². The van der Waals surface area contributed by atoms with Gasteiger partial charge in [-0.1, -0.05) is 23.7 Å². The van der Waals surface area contributed by atoms with Crippen molar-refractivity contribution < 1.29 is 28.8 Å². The largest absolute Gasteiger partial charge is 0.463 e. The number of hydrogen-bond acceptors (Lipinski definition) is 7. The zero-order valence-electron chi connectivity index (χ0n) is 16.8. The number of carbonyl (C=O) groups excluding carboxylic acids is 3. The van der Waals surface area contributed by atoms with Gasteiger partial charge in [-0.25, -0.2) is 14.4 Å². The summed E-state index contributed by atoms with van der Waals surface area (Å²) < 4.78 is 10.4. The quantitative estimate of drug-likeness (QED) is 0.368. The number of benzene rings is 2. The molecule has 10 nitrogen and oxygen atoms in total. The molecule has 2 N–H and O–H groups in total. The SMILES string of the molecule is CCOC(=O)C1=C(COC(=O)c2ccc([N+](=O)[O-])cc2)NC(=O)NC1c1ccc(Cl)cc1. The molecule has 1 unspecified atom stereocenters. The van der Waals surface area contributed by atoms with Gasteiger partial charge in [-0.05, 0) is 36.8 Å². The fourth-order valence-corrected chi connectivity index (χ4v) is 3.15. The Morgan fingerprint density at radius 3 is 2.31 bits per heavy atom. The highest BCUT2D eigenvalue weighted by Crippen LogP contribution is 2.29. The molecule has 2 aromatic carbocycles. The first-order chi connectivity index (χ1) is 15.3. The highest BCUT2D eigenvalue weighted by molar-refractivity contribution is 6.30. The van der Waals surface area contributed by atoms with Gasteiger partial charge < -0.3 is 20.1 Å². The molecule has 11 heteroatoms. The number of non-ortho nitro benzene ring substituents is 1. The summed E-state index contributed by atoms with van der Waals surface area (Å²) in [6, 6.07) is 9.91. The molecule has 0 aliphatic carbocycles. The molecule has 2 amide bonds. The number of urea groups is 1. The smallest absolute Gasteiger partial charge is 0.338 e. The number of hydrogen-bond donors (Lipinski definition) is 2. The molecule has 0 saturated carbocycles. The molecule has 0 saturated heterocycles. The van der Waals surface area contributed by atoms with Crippen molar-refractivity contribution in [3.8, 4) is 0 Å².